The average molecular weight is 300 g/mol. The van der Waals surface area contributed by atoms with E-state index in [9.17, 15) is 14.9 Å². The van der Waals surface area contributed by atoms with Crippen LogP contribution in [0.3, 0.4) is 0 Å². The van der Waals surface area contributed by atoms with Crippen LogP contribution in [0.25, 0.3) is 0 Å². The molecule has 2 aromatic rings. The highest BCUT2D eigenvalue weighted by atomic mass is 16.6. The topological polar surface area (TPSA) is 74.4 Å². The van der Waals surface area contributed by atoms with Crippen LogP contribution in [-0.4, -0.2) is 9.49 Å². The molecule has 0 spiro atoms. The van der Waals surface area contributed by atoms with Gasteiger partial charge in [0.15, 0.2) is 0 Å². The van der Waals surface area contributed by atoms with E-state index in [1.807, 2.05) is 0 Å². The molecule has 0 saturated heterocycles. The second-order valence-electron chi connectivity index (χ2n) is 5.61. The van der Waals surface area contributed by atoms with E-state index >= 15 is 0 Å². The van der Waals surface area contributed by atoms with E-state index in [0.29, 0.717) is 23.0 Å². The molecule has 6 nitrogen and oxygen atoms in total. The number of nitrogens with zero attached hydrogens (tertiary/aromatic N) is 2. The van der Waals surface area contributed by atoms with Gasteiger partial charge in [-0.05, 0) is 43.4 Å². The number of benzene rings is 1. The maximum Gasteiger partial charge on any atom is 0.269 e. The van der Waals surface area contributed by atoms with Crippen molar-refractivity contribution in [3.63, 3.8) is 0 Å². The minimum Gasteiger partial charge on any atom is -0.457 e. The zero-order valence-electron chi connectivity index (χ0n) is 12.2. The number of rotatable bonds is 5. The smallest absolute Gasteiger partial charge is 0.269 e. The first-order valence-corrected chi connectivity index (χ1v) is 7.16. The highest BCUT2D eigenvalue weighted by Gasteiger charge is 2.22. The molecule has 0 amide bonds. The summed E-state index contributed by atoms with van der Waals surface area (Å²) < 4.78 is 7.35. The van der Waals surface area contributed by atoms with Crippen LogP contribution in [0.5, 0.6) is 11.5 Å². The third-order valence-corrected chi connectivity index (χ3v) is 3.72. The normalized spacial score (nSPS) is 13.9. The van der Waals surface area contributed by atoms with Crippen molar-refractivity contribution in [2.24, 2.45) is 5.92 Å². The van der Waals surface area contributed by atoms with Crippen molar-refractivity contribution in [3.05, 3.63) is 62.6 Å². The molecular formula is C16H16N2O4. The molecular weight excluding hydrogens is 284 g/mol. The molecule has 3 rings (SSSR count). The lowest BCUT2D eigenvalue weighted by molar-refractivity contribution is -0.384. The molecule has 1 fully saturated rings. The second kappa shape index (κ2) is 5.63. The minimum atomic E-state index is -0.449. The minimum absolute atomic E-state index is 0.0182. The van der Waals surface area contributed by atoms with Crippen LogP contribution in [0.1, 0.15) is 18.4 Å². The Hall–Kier alpha value is -2.63. The Morgan fingerprint density at radius 1 is 1.32 bits per heavy atom. The van der Waals surface area contributed by atoms with Gasteiger partial charge in [-0.1, -0.05) is 0 Å². The Bertz CT molecular complexity index is 778. The highest BCUT2D eigenvalue weighted by molar-refractivity contribution is 5.44. The standard InChI is InChI=1S/C16H16N2O4/c1-11-8-13(18(20)21)4-5-15(11)22-14-6-7-17(16(19)9-14)10-12-2-3-12/h4-9,12H,2-3,10H2,1H3. The third-order valence-electron chi connectivity index (χ3n) is 3.72. The Kier molecular flexibility index (Phi) is 3.66. The largest absolute Gasteiger partial charge is 0.457 e. The summed E-state index contributed by atoms with van der Waals surface area (Å²) in [5.41, 5.74) is 0.574. The summed E-state index contributed by atoms with van der Waals surface area (Å²) in [7, 11) is 0. The number of non-ortho nitro benzene ring substituents is 1. The van der Waals surface area contributed by atoms with Crippen molar-refractivity contribution in [1.82, 2.24) is 4.57 Å². The first kappa shape index (κ1) is 14.3. The molecule has 1 aromatic carbocycles. The van der Waals surface area contributed by atoms with E-state index in [1.54, 1.807) is 29.8 Å². The fourth-order valence-corrected chi connectivity index (χ4v) is 2.27. The van der Waals surface area contributed by atoms with Crippen molar-refractivity contribution in [1.29, 1.82) is 0 Å². The van der Waals surface area contributed by atoms with Gasteiger partial charge < -0.3 is 9.30 Å². The summed E-state index contributed by atoms with van der Waals surface area (Å²) in [6, 6.07) is 7.57. The Morgan fingerprint density at radius 3 is 2.68 bits per heavy atom. The molecule has 1 aliphatic rings. The van der Waals surface area contributed by atoms with Gasteiger partial charge in [-0.2, -0.15) is 0 Å². The number of hydrogen-bond donors (Lipinski definition) is 0. The van der Waals surface area contributed by atoms with Crippen LogP contribution in [0, 0.1) is 23.0 Å². The van der Waals surface area contributed by atoms with Crippen LogP contribution in [0.4, 0.5) is 5.69 Å². The zero-order chi connectivity index (χ0) is 15.7. The van der Waals surface area contributed by atoms with Gasteiger partial charge in [0.1, 0.15) is 11.5 Å². The molecule has 0 unspecified atom stereocenters. The maximum atomic E-state index is 12.0. The van der Waals surface area contributed by atoms with Gasteiger partial charge in [0.05, 0.1) is 4.92 Å². The van der Waals surface area contributed by atoms with Gasteiger partial charge >= 0.3 is 0 Å². The maximum absolute atomic E-state index is 12.0. The lowest BCUT2D eigenvalue weighted by atomic mass is 10.2. The van der Waals surface area contributed by atoms with Crippen LogP contribution in [0.2, 0.25) is 0 Å². The summed E-state index contributed by atoms with van der Waals surface area (Å²) in [6.45, 7) is 2.49. The monoisotopic (exact) mass is 300 g/mol. The number of aryl methyl sites for hydroxylation is 1. The van der Waals surface area contributed by atoms with Crippen LogP contribution in [0.15, 0.2) is 41.3 Å². The van der Waals surface area contributed by atoms with E-state index in [0.717, 1.165) is 6.54 Å². The van der Waals surface area contributed by atoms with Crippen LogP contribution in [-0.2, 0) is 6.54 Å². The summed E-state index contributed by atoms with van der Waals surface area (Å²) in [5, 5.41) is 10.7. The van der Waals surface area contributed by atoms with Gasteiger partial charge in [0.25, 0.3) is 11.2 Å². The molecule has 1 aromatic heterocycles. The summed E-state index contributed by atoms with van der Waals surface area (Å²) in [6.07, 6.45) is 4.11. The molecule has 114 valence electrons. The van der Waals surface area contributed by atoms with Gasteiger partial charge in [-0.3, -0.25) is 14.9 Å². The number of ether oxygens (including phenoxy) is 1. The predicted molar refractivity (Wildman–Crippen MR) is 81.3 cm³/mol. The molecule has 0 N–H and O–H groups in total. The number of nitro benzene ring substituents is 1. The quantitative estimate of drug-likeness (QED) is 0.627. The molecule has 1 aliphatic carbocycles. The van der Waals surface area contributed by atoms with E-state index in [4.69, 9.17) is 4.74 Å². The fraction of sp³-hybridized carbons (Fsp3) is 0.312. The average Bonchev–Trinajstić information content (AvgIpc) is 3.28. The van der Waals surface area contributed by atoms with E-state index in [2.05, 4.69) is 0 Å². The zero-order valence-corrected chi connectivity index (χ0v) is 12.2. The lowest BCUT2D eigenvalue weighted by Crippen LogP contribution is -2.19. The highest BCUT2D eigenvalue weighted by Crippen LogP contribution is 2.30. The van der Waals surface area contributed by atoms with Crippen LogP contribution < -0.4 is 10.3 Å². The van der Waals surface area contributed by atoms with E-state index in [1.165, 1.54) is 31.0 Å². The van der Waals surface area contributed by atoms with Gasteiger partial charge in [0.2, 0.25) is 0 Å². The Balaban J connectivity index is 1.79. The number of nitro groups is 1. The molecule has 0 aliphatic heterocycles. The lowest BCUT2D eigenvalue weighted by Gasteiger charge is -2.10. The first-order chi connectivity index (χ1) is 10.5. The van der Waals surface area contributed by atoms with Crippen molar-refractivity contribution < 1.29 is 9.66 Å². The number of hydrogen-bond acceptors (Lipinski definition) is 4. The van der Waals surface area contributed by atoms with Gasteiger partial charge in [-0.25, -0.2) is 0 Å². The number of aromatic nitrogens is 1. The van der Waals surface area contributed by atoms with E-state index < -0.39 is 4.92 Å². The summed E-state index contributed by atoms with van der Waals surface area (Å²) in [5.74, 6) is 1.57. The second-order valence-corrected chi connectivity index (χ2v) is 5.61. The Morgan fingerprint density at radius 2 is 2.09 bits per heavy atom. The van der Waals surface area contributed by atoms with E-state index in [-0.39, 0.29) is 11.2 Å². The molecule has 6 heteroatoms. The SMILES string of the molecule is Cc1cc([N+](=O)[O-])ccc1Oc1ccn(CC2CC2)c(=O)c1. The van der Waals surface area contributed by atoms with Gasteiger partial charge in [0, 0.05) is 30.9 Å². The summed E-state index contributed by atoms with van der Waals surface area (Å²) >= 11 is 0. The summed E-state index contributed by atoms with van der Waals surface area (Å²) in [4.78, 5) is 22.3. The van der Waals surface area contributed by atoms with Crippen LogP contribution >= 0.6 is 0 Å². The Labute approximate surface area is 127 Å². The molecule has 1 heterocycles. The van der Waals surface area contributed by atoms with Crippen molar-refractivity contribution in [2.75, 3.05) is 0 Å². The van der Waals surface area contributed by atoms with Crippen molar-refractivity contribution in [2.45, 2.75) is 26.3 Å². The third kappa shape index (κ3) is 3.16. The molecule has 22 heavy (non-hydrogen) atoms. The molecule has 0 atom stereocenters. The molecule has 0 radical (unpaired) electrons. The van der Waals surface area contributed by atoms with Crippen molar-refractivity contribution >= 4 is 5.69 Å². The fourth-order valence-electron chi connectivity index (χ4n) is 2.27. The van der Waals surface area contributed by atoms with Gasteiger partial charge in [-0.15, -0.1) is 0 Å². The van der Waals surface area contributed by atoms with Crippen molar-refractivity contribution in [3.8, 4) is 11.5 Å². The molecule has 0 bridgehead atoms. The predicted octanol–water partition coefficient (Wildman–Crippen LogP) is 3.27. The number of pyridine rings is 1. The first-order valence-electron chi connectivity index (χ1n) is 7.16. The molecule has 1 saturated carbocycles.